The van der Waals surface area contributed by atoms with Crippen molar-refractivity contribution in [3.63, 3.8) is 0 Å². The quantitative estimate of drug-likeness (QED) is 0.578. The van der Waals surface area contributed by atoms with E-state index in [1.54, 1.807) is 32.6 Å². The number of hydrazone groups is 1. The number of para-hydroxylation sites is 1. The summed E-state index contributed by atoms with van der Waals surface area (Å²) in [6.45, 7) is 0. The molecular formula is C18H16N2O4. The van der Waals surface area contributed by atoms with Crippen LogP contribution >= 0.6 is 0 Å². The molecule has 1 amide bonds. The van der Waals surface area contributed by atoms with Gasteiger partial charge in [0.15, 0.2) is 17.1 Å². The van der Waals surface area contributed by atoms with Gasteiger partial charge in [-0.1, -0.05) is 12.1 Å². The van der Waals surface area contributed by atoms with Gasteiger partial charge >= 0.3 is 5.91 Å². The molecule has 6 nitrogen and oxygen atoms in total. The highest BCUT2D eigenvalue weighted by Gasteiger charge is 2.14. The predicted octanol–water partition coefficient (Wildman–Crippen LogP) is 3.21. The molecule has 24 heavy (non-hydrogen) atoms. The molecule has 122 valence electrons. The van der Waals surface area contributed by atoms with Crippen molar-refractivity contribution in [3.05, 3.63) is 59.9 Å². The Morgan fingerprint density at radius 2 is 1.92 bits per heavy atom. The molecule has 0 atom stereocenters. The van der Waals surface area contributed by atoms with Crippen LogP contribution in [0.25, 0.3) is 11.0 Å². The fraction of sp³-hybridized carbons (Fsp3) is 0.111. The number of methoxy groups -OCH3 is 2. The fourth-order valence-corrected chi connectivity index (χ4v) is 2.22. The third-order valence-corrected chi connectivity index (χ3v) is 3.45. The lowest BCUT2D eigenvalue weighted by atomic mass is 10.2. The molecule has 0 aliphatic rings. The van der Waals surface area contributed by atoms with E-state index in [4.69, 9.17) is 13.9 Å². The summed E-state index contributed by atoms with van der Waals surface area (Å²) in [4.78, 5) is 12.1. The molecule has 0 aliphatic heterocycles. The number of nitrogens with one attached hydrogen (secondary N) is 1. The minimum Gasteiger partial charge on any atom is -0.497 e. The molecule has 1 N–H and O–H groups in total. The Balaban J connectivity index is 1.71. The van der Waals surface area contributed by atoms with E-state index < -0.39 is 5.91 Å². The average Bonchev–Trinajstić information content (AvgIpc) is 3.06. The van der Waals surface area contributed by atoms with Gasteiger partial charge in [-0.2, -0.15) is 5.10 Å². The van der Waals surface area contributed by atoms with Crippen molar-refractivity contribution in [3.8, 4) is 11.5 Å². The number of hydrogen-bond acceptors (Lipinski definition) is 5. The highest BCUT2D eigenvalue weighted by Crippen LogP contribution is 2.28. The summed E-state index contributed by atoms with van der Waals surface area (Å²) < 4.78 is 15.9. The minimum absolute atomic E-state index is 0.168. The number of fused-ring (bicyclic) bond motifs is 1. The molecule has 3 rings (SSSR count). The van der Waals surface area contributed by atoms with Crippen LogP contribution in [0.2, 0.25) is 0 Å². The number of furan rings is 1. The number of carbonyl (C=O) groups is 1. The zero-order valence-corrected chi connectivity index (χ0v) is 13.3. The van der Waals surface area contributed by atoms with Gasteiger partial charge in [0.2, 0.25) is 0 Å². The zero-order chi connectivity index (χ0) is 16.9. The second-order valence-electron chi connectivity index (χ2n) is 4.96. The second kappa shape index (κ2) is 6.87. The summed E-state index contributed by atoms with van der Waals surface area (Å²) in [6.07, 6.45) is 1.54. The summed E-state index contributed by atoms with van der Waals surface area (Å²) in [6, 6.07) is 14.4. The van der Waals surface area contributed by atoms with Gasteiger partial charge in [-0.15, -0.1) is 0 Å². The van der Waals surface area contributed by atoms with Crippen LogP contribution in [0.3, 0.4) is 0 Å². The monoisotopic (exact) mass is 324 g/mol. The molecule has 0 unspecified atom stereocenters. The van der Waals surface area contributed by atoms with E-state index in [-0.39, 0.29) is 5.76 Å². The third-order valence-electron chi connectivity index (χ3n) is 3.45. The van der Waals surface area contributed by atoms with Gasteiger partial charge in [0.1, 0.15) is 5.75 Å². The van der Waals surface area contributed by atoms with E-state index in [2.05, 4.69) is 10.5 Å². The summed E-state index contributed by atoms with van der Waals surface area (Å²) >= 11 is 0. The number of ether oxygens (including phenoxy) is 2. The summed E-state index contributed by atoms with van der Waals surface area (Å²) in [5.41, 5.74) is 3.81. The summed E-state index contributed by atoms with van der Waals surface area (Å²) in [5, 5.41) is 4.72. The lowest BCUT2D eigenvalue weighted by Gasteiger charge is -1.99. The Hall–Kier alpha value is -3.28. The first-order valence-corrected chi connectivity index (χ1v) is 7.25. The summed E-state index contributed by atoms with van der Waals surface area (Å²) in [7, 11) is 3.15. The zero-order valence-electron chi connectivity index (χ0n) is 13.3. The molecule has 2 aromatic carbocycles. The van der Waals surface area contributed by atoms with Crippen LogP contribution in [0, 0.1) is 0 Å². The lowest BCUT2D eigenvalue weighted by molar-refractivity contribution is 0.0929. The third kappa shape index (κ3) is 3.22. The lowest BCUT2D eigenvalue weighted by Crippen LogP contribution is -2.16. The van der Waals surface area contributed by atoms with E-state index in [1.807, 2.05) is 36.4 Å². The molecule has 0 saturated carbocycles. The van der Waals surface area contributed by atoms with Crippen molar-refractivity contribution < 1.29 is 18.7 Å². The Kier molecular flexibility index (Phi) is 4.47. The molecule has 0 aliphatic carbocycles. The van der Waals surface area contributed by atoms with Crippen LogP contribution in [-0.4, -0.2) is 26.3 Å². The molecule has 3 aromatic rings. The predicted molar refractivity (Wildman–Crippen MR) is 90.8 cm³/mol. The van der Waals surface area contributed by atoms with Gasteiger partial charge in [-0.25, -0.2) is 5.43 Å². The molecular weight excluding hydrogens is 308 g/mol. The van der Waals surface area contributed by atoms with E-state index >= 15 is 0 Å². The van der Waals surface area contributed by atoms with Gasteiger partial charge in [0.25, 0.3) is 0 Å². The molecule has 0 spiro atoms. The molecule has 0 fully saturated rings. The molecule has 0 radical (unpaired) electrons. The van der Waals surface area contributed by atoms with Gasteiger partial charge in [0.05, 0.1) is 20.4 Å². The first-order valence-electron chi connectivity index (χ1n) is 7.25. The number of benzene rings is 2. The normalized spacial score (nSPS) is 10.9. The van der Waals surface area contributed by atoms with E-state index in [9.17, 15) is 4.79 Å². The van der Waals surface area contributed by atoms with E-state index in [1.165, 1.54) is 0 Å². The van der Waals surface area contributed by atoms with Crippen LogP contribution in [0.1, 0.15) is 16.1 Å². The molecule has 1 aromatic heterocycles. The van der Waals surface area contributed by atoms with Gasteiger partial charge in [-0.05, 0) is 42.0 Å². The minimum atomic E-state index is -0.432. The number of carbonyl (C=O) groups excluding carboxylic acids is 1. The summed E-state index contributed by atoms with van der Waals surface area (Å²) in [5.74, 6) is 1.07. The van der Waals surface area contributed by atoms with Gasteiger partial charge in [-0.3, -0.25) is 4.79 Å². The first kappa shape index (κ1) is 15.6. The van der Waals surface area contributed by atoms with Crippen molar-refractivity contribution in [1.82, 2.24) is 5.43 Å². The van der Waals surface area contributed by atoms with E-state index in [0.29, 0.717) is 11.3 Å². The molecule has 0 saturated heterocycles. The van der Waals surface area contributed by atoms with Crippen molar-refractivity contribution in [2.45, 2.75) is 0 Å². The SMILES string of the molecule is COc1ccc(/C=N\NC(=O)c2cc3cccc(OC)c3o2)cc1. The number of rotatable bonds is 5. The Morgan fingerprint density at radius 3 is 2.62 bits per heavy atom. The van der Waals surface area contributed by atoms with Crippen LogP contribution in [-0.2, 0) is 0 Å². The maximum absolute atomic E-state index is 12.1. The van der Waals surface area contributed by atoms with E-state index in [0.717, 1.165) is 16.7 Å². The largest absolute Gasteiger partial charge is 0.497 e. The average molecular weight is 324 g/mol. The fourth-order valence-electron chi connectivity index (χ4n) is 2.22. The number of nitrogens with zero attached hydrogens (tertiary/aromatic N) is 1. The highest BCUT2D eigenvalue weighted by molar-refractivity contribution is 5.97. The maximum atomic E-state index is 12.1. The van der Waals surface area contributed by atoms with Crippen molar-refractivity contribution in [1.29, 1.82) is 0 Å². The highest BCUT2D eigenvalue weighted by atomic mass is 16.5. The van der Waals surface area contributed by atoms with Gasteiger partial charge in [0, 0.05) is 5.39 Å². The Morgan fingerprint density at radius 1 is 1.12 bits per heavy atom. The van der Waals surface area contributed by atoms with Gasteiger partial charge < -0.3 is 13.9 Å². The Labute approximate surface area is 138 Å². The topological polar surface area (TPSA) is 73.1 Å². The molecule has 0 bridgehead atoms. The smallest absolute Gasteiger partial charge is 0.307 e. The number of amides is 1. The number of hydrogen-bond donors (Lipinski definition) is 1. The van der Waals surface area contributed by atoms with Crippen molar-refractivity contribution >= 4 is 23.1 Å². The standard InChI is InChI=1S/C18H16N2O4/c1-22-14-8-6-12(7-9-14)11-19-20-18(21)16-10-13-4-3-5-15(23-2)17(13)24-16/h3-11H,1-2H3,(H,20,21)/b19-11-. The van der Waals surface area contributed by atoms with Crippen molar-refractivity contribution in [2.75, 3.05) is 14.2 Å². The van der Waals surface area contributed by atoms with Crippen LogP contribution in [0.5, 0.6) is 11.5 Å². The van der Waals surface area contributed by atoms with Crippen LogP contribution in [0.15, 0.2) is 58.0 Å². The first-order chi connectivity index (χ1) is 11.7. The molecule has 1 heterocycles. The molecule has 6 heteroatoms. The second-order valence-corrected chi connectivity index (χ2v) is 4.96. The van der Waals surface area contributed by atoms with Crippen LogP contribution in [0.4, 0.5) is 0 Å². The maximum Gasteiger partial charge on any atom is 0.307 e. The van der Waals surface area contributed by atoms with Crippen LogP contribution < -0.4 is 14.9 Å². The van der Waals surface area contributed by atoms with Crippen molar-refractivity contribution in [2.24, 2.45) is 5.10 Å². The Bertz CT molecular complexity index is 882.